The summed E-state index contributed by atoms with van der Waals surface area (Å²) in [5.74, 6) is -0.363. The number of aldehydes is 1. The number of amides is 1. The summed E-state index contributed by atoms with van der Waals surface area (Å²) >= 11 is 6.24. The van der Waals surface area contributed by atoms with Crippen LogP contribution in [0.15, 0.2) is 71.6 Å². The summed E-state index contributed by atoms with van der Waals surface area (Å²) in [6.07, 6.45) is 0.717. The number of ether oxygens (including phenoxy) is 1. The third kappa shape index (κ3) is 5.53. The molecule has 0 heterocycles. The molecule has 0 aliphatic heterocycles. The molecule has 0 spiro atoms. The Morgan fingerprint density at radius 2 is 1.82 bits per heavy atom. The zero-order valence-corrected chi connectivity index (χ0v) is 19.7. The number of halogens is 1. The van der Waals surface area contributed by atoms with Crippen LogP contribution in [0.25, 0.3) is 0 Å². The third-order valence-corrected chi connectivity index (χ3v) is 7.22. The molecule has 0 aromatic heterocycles. The summed E-state index contributed by atoms with van der Waals surface area (Å²) < 4.78 is 33.6. The van der Waals surface area contributed by atoms with Crippen LogP contribution in [0.3, 0.4) is 0 Å². The van der Waals surface area contributed by atoms with Crippen molar-refractivity contribution < 1.29 is 22.7 Å². The van der Waals surface area contributed by atoms with E-state index in [0.29, 0.717) is 21.7 Å². The fourth-order valence-corrected chi connectivity index (χ4v) is 5.09. The van der Waals surface area contributed by atoms with E-state index in [0.717, 1.165) is 10.6 Å². The second kappa shape index (κ2) is 10.5. The summed E-state index contributed by atoms with van der Waals surface area (Å²) in [5, 5.41) is 3.09. The summed E-state index contributed by atoms with van der Waals surface area (Å²) in [5.41, 5.74) is 2.00. The molecule has 0 unspecified atom stereocenters. The molecule has 0 aliphatic rings. The highest BCUT2D eigenvalue weighted by molar-refractivity contribution is 7.93. The van der Waals surface area contributed by atoms with E-state index in [-0.39, 0.29) is 22.9 Å². The van der Waals surface area contributed by atoms with Crippen LogP contribution in [0.5, 0.6) is 5.75 Å². The Morgan fingerprint density at radius 3 is 2.55 bits per heavy atom. The largest absolute Gasteiger partial charge is 0.495 e. The van der Waals surface area contributed by atoms with Gasteiger partial charge in [0, 0.05) is 17.1 Å². The first kappa shape index (κ1) is 24.3. The highest BCUT2D eigenvalue weighted by Crippen LogP contribution is 2.33. The normalized spacial score (nSPS) is 11.0. The quantitative estimate of drug-likeness (QED) is 0.462. The molecule has 0 fully saturated rings. The molecule has 3 aromatic rings. The maximum atomic E-state index is 13.7. The lowest BCUT2D eigenvalue weighted by atomic mass is 10.1. The van der Waals surface area contributed by atoms with Crippen LogP contribution in [-0.2, 0) is 21.4 Å². The molecule has 33 heavy (non-hydrogen) atoms. The lowest BCUT2D eigenvalue weighted by Crippen LogP contribution is -2.41. The number of rotatable bonds is 9. The van der Waals surface area contributed by atoms with Gasteiger partial charge in [0.25, 0.3) is 10.0 Å². The van der Waals surface area contributed by atoms with E-state index < -0.39 is 22.5 Å². The lowest BCUT2D eigenvalue weighted by molar-refractivity contribution is -0.119. The topological polar surface area (TPSA) is 92.8 Å². The molecule has 9 heteroatoms. The number of hydrogen-bond acceptors (Lipinski definition) is 5. The highest BCUT2D eigenvalue weighted by atomic mass is 35.5. The Bertz CT molecular complexity index is 1280. The molecule has 0 saturated heterocycles. The van der Waals surface area contributed by atoms with Crippen molar-refractivity contribution in [2.75, 3.05) is 18.0 Å². The van der Waals surface area contributed by atoms with Crippen molar-refractivity contribution in [3.8, 4) is 5.75 Å². The minimum Gasteiger partial charge on any atom is -0.495 e. The van der Waals surface area contributed by atoms with Gasteiger partial charge in [-0.25, -0.2) is 8.42 Å². The molecule has 0 bridgehead atoms. The standard InChI is InChI=1S/C24H23ClN2O5S/c1-17-20(25)9-6-10-21(17)27(33(30,31)23-12-4-3-11-22(23)32-2)15-24(29)26-14-18-7-5-8-19(13-18)16-28/h3-13,16H,14-15H2,1-2H3,(H,26,29). The Labute approximate surface area is 198 Å². The Kier molecular flexibility index (Phi) is 7.73. The van der Waals surface area contributed by atoms with Gasteiger partial charge >= 0.3 is 0 Å². The monoisotopic (exact) mass is 486 g/mol. The molecule has 172 valence electrons. The van der Waals surface area contributed by atoms with Gasteiger partial charge in [0.2, 0.25) is 5.91 Å². The van der Waals surface area contributed by atoms with Gasteiger partial charge in [-0.05, 0) is 48.4 Å². The van der Waals surface area contributed by atoms with Gasteiger partial charge in [0.15, 0.2) is 0 Å². The Morgan fingerprint density at radius 1 is 1.09 bits per heavy atom. The number of hydrogen-bond donors (Lipinski definition) is 1. The maximum Gasteiger partial charge on any atom is 0.268 e. The van der Waals surface area contributed by atoms with E-state index in [1.165, 1.54) is 19.2 Å². The van der Waals surface area contributed by atoms with Gasteiger partial charge in [-0.1, -0.05) is 48.0 Å². The molecule has 7 nitrogen and oxygen atoms in total. The van der Waals surface area contributed by atoms with Gasteiger partial charge in [0.05, 0.1) is 12.8 Å². The molecular weight excluding hydrogens is 464 g/mol. The number of carbonyl (C=O) groups excluding carboxylic acids is 2. The Hall–Kier alpha value is -3.36. The molecule has 1 amide bonds. The number of carbonyl (C=O) groups is 2. The van der Waals surface area contributed by atoms with Gasteiger partial charge in [-0.2, -0.15) is 0 Å². The molecular formula is C24H23ClN2O5S. The number of para-hydroxylation sites is 1. The first-order valence-electron chi connectivity index (χ1n) is 9.99. The molecule has 0 radical (unpaired) electrons. The summed E-state index contributed by atoms with van der Waals surface area (Å²) in [6, 6.07) is 17.8. The smallest absolute Gasteiger partial charge is 0.268 e. The number of anilines is 1. The molecule has 0 saturated carbocycles. The molecule has 3 aromatic carbocycles. The van der Waals surface area contributed by atoms with Crippen molar-refractivity contribution in [3.63, 3.8) is 0 Å². The van der Waals surface area contributed by atoms with Crippen molar-refractivity contribution in [2.45, 2.75) is 18.4 Å². The van der Waals surface area contributed by atoms with Crippen molar-refractivity contribution in [3.05, 3.63) is 88.4 Å². The average Bonchev–Trinajstić information content (AvgIpc) is 2.83. The van der Waals surface area contributed by atoms with Gasteiger partial charge < -0.3 is 10.1 Å². The number of nitrogens with zero attached hydrogens (tertiary/aromatic N) is 1. The number of benzene rings is 3. The number of methoxy groups -OCH3 is 1. The highest BCUT2D eigenvalue weighted by Gasteiger charge is 2.31. The maximum absolute atomic E-state index is 13.7. The van der Waals surface area contributed by atoms with Crippen LogP contribution in [0.1, 0.15) is 21.5 Å². The van der Waals surface area contributed by atoms with E-state index in [1.807, 2.05) is 0 Å². The number of sulfonamides is 1. The zero-order valence-electron chi connectivity index (χ0n) is 18.1. The predicted molar refractivity (Wildman–Crippen MR) is 127 cm³/mol. The average molecular weight is 487 g/mol. The summed E-state index contributed by atoms with van der Waals surface area (Å²) in [4.78, 5) is 23.7. The van der Waals surface area contributed by atoms with Gasteiger partial charge in [-0.3, -0.25) is 13.9 Å². The third-order valence-electron chi connectivity index (χ3n) is 5.01. The number of nitrogens with one attached hydrogen (secondary N) is 1. The van der Waals surface area contributed by atoms with E-state index in [2.05, 4.69) is 5.32 Å². The Balaban J connectivity index is 1.95. The van der Waals surface area contributed by atoms with Crippen LogP contribution in [0.2, 0.25) is 5.02 Å². The molecule has 3 rings (SSSR count). The van der Waals surface area contributed by atoms with Crippen LogP contribution in [-0.4, -0.2) is 34.3 Å². The first-order chi connectivity index (χ1) is 15.8. The van der Waals surface area contributed by atoms with Crippen LogP contribution in [0.4, 0.5) is 5.69 Å². The van der Waals surface area contributed by atoms with E-state index in [9.17, 15) is 18.0 Å². The lowest BCUT2D eigenvalue weighted by Gasteiger charge is -2.26. The molecule has 0 atom stereocenters. The van der Waals surface area contributed by atoms with E-state index in [1.54, 1.807) is 61.5 Å². The van der Waals surface area contributed by atoms with E-state index >= 15 is 0 Å². The van der Waals surface area contributed by atoms with Gasteiger partial charge in [-0.15, -0.1) is 0 Å². The van der Waals surface area contributed by atoms with Crippen molar-refractivity contribution >= 4 is 39.5 Å². The van der Waals surface area contributed by atoms with Crippen LogP contribution in [0, 0.1) is 6.92 Å². The van der Waals surface area contributed by atoms with Gasteiger partial charge in [0.1, 0.15) is 23.5 Å². The van der Waals surface area contributed by atoms with Crippen molar-refractivity contribution in [1.29, 1.82) is 0 Å². The predicted octanol–water partition coefficient (Wildman–Crippen LogP) is 3.98. The second-order valence-electron chi connectivity index (χ2n) is 7.19. The molecule has 0 aliphatic carbocycles. The molecule has 1 N–H and O–H groups in total. The first-order valence-corrected chi connectivity index (χ1v) is 11.8. The SMILES string of the molecule is COc1ccccc1S(=O)(=O)N(CC(=O)NCc1cccc(C=O)c1)c1cccc(Cl)c1C. The summed E-state index contributed by atoms with van der Waals surface area (Å²) in [6.45, 7) is 1.35. The van der Waals surface area contributed by atoms with Crippen molar-refractivity contribution in [2.24, 2.45) is 0 Å². The minimum absolute atomic E-state index is 0.0710. The van der Waals surface area contributed by atoms with Crippen LogP contribution >= 0.6 is 11.6 Å². The summed E-state index contributed by atoms with van der Waals surface area (Å²) in [7, 11) is -2.80. The zero-order chi connectivity index (χ0) is 24.0. The minimum atomic E-state index is -4.18. The second-order valence-corrected chi connectivity index (χ2v) is 9.42. The fraction of sp³-hybridized carbons (Fsp3) is 0.167. The fourth-order valence-electron chi connectivity index (χ4n) is 3.28. The van der Waals surface area contributed by atoms with E-state index in [4.69, 9.17) is 16.3 Å². The van der Waals surface area contributed by atoms with Crippen molar-refractivity contribution in [1.82, 2.24) is 5.32 Å². The van der Waals surface area contributed by atoms with Crippen LogP contribution < -0.4 is 14.4 Å².